The Bertz CT molecular complexity index is 498. The van der Waals surface area contributed by atoms with E-state index < -0.39 is 12.1 Å². The topological polar surface area (TPSA) is 75.6 Å². The molecule has 0 aromatic heterocycles. The van der Waals surface area contributed by atoms with Crippen LogP contribution in [-0.4, -0.2) is 23.1 Å². The highest BCUT2D eigenvalue weighted by Crippen LogP contribution is 2.32. The number of carbonyl (C=O) groups is 2. The minimum absolute atomic E-state index is 0.0204. The molecule has 0 aliphatic carbocycles. The number of carboxylic acids is 1. The quantitative estimate of drug-likeness (QED) is 0.854. The number of aliphatic carboxylic acids is 1. The lowest BCUT2D eigenvalue weighted by molar-refractivity contribution is -0.145. The fraction of sp³-hybridized carbons (Fsp3) is 0.429. The van der Waals surface area contributed by atoms with Gasteiger partial charge in [-0.05, 0) is 25.0 Å². The second-order valence-corrected chi connectivity index (χ2v) is 4.56. The molecular weight excluding hydrogens is 246 g/mol. The first kappa shape index (κ1) is 13.4. The van der Waals surface area contributed by atoms with Crippen LogP contribution in [-0.2, 0) is 16.0 Å². The predicted octanol–water partition coefficient (Wildman–Crippen LogP) is 2.20. The number of amides is 1. The SMILES string of the molecule is CCCC(Oc1cccc2c1CCC(=O)N2)C(=O)O. The molecule has 0 saturated heterocycles. The summed E-state index contributed by atoms with van der Waals surface area (Å²) in [5, 5.41) is 11.9. The Morgan fingerprint density at radius 3 is 2.95 bits per heavy atom. The zero-order valence-electron chi connectivity index (χ0n) is 10.8. The van der Waals surface area contributed by atoms with E-state index in [1.807, 2.05) is 6.92 Å². The van der Waals surface area contributed by atoms with Gasteiger partial charge in [-0.3, -0.25) is 4.79 Å². The molecule has 5 nitrogen and oxygen atoms in total. The van der Waals surface area contributed by atoms with Crippen LogP contribution in [0.1, 0.15) is 31.7 Å². The van der Waals surface area contributed by atoms with E-state index in [9.17, 15) is 9.59 Å². The van der Waals surface area contributed by atoms with Crippen molar-refractivity contribution >= 4 is 17.6 Å². The molecule has 1 aromatic rings. The number of fused-ring (bicyclic) bond motifs is 1. The molecule has 102 valence electrons. The number of hydrogen-bond donors (Lipinski definition) is 2. The first-order valence-corrected chi connectivity index (χ1v) is 6.43. The van der Waals surface area contributed by atoms with Crippen molar-refractivity contribution < 1.29 is 19.4 Å². The van der Waals surface area contributed by atoms with Gasteiger partial charge in [0.1, 0.15) is 5.75 Å². The number of anilines is 1. The molecule has 1 aliphatic heterocycles. The van der Waals surface area contributed by atoms with Gasteiger partial charge in [0.05, 0.1) is 0 Å². The maximum absolute atomic E-state index is 11.3. The van der Waals surface area contributed by atoms with Crippen molar-refractivity contribution in [3.63, 3.8) is 0 Å². The molecule has 0 bridgehead atoms. The van der Waals surface area contributed by atoms with Crippen LogP contribution in [0.3, 0.4) is 0 Å². The van der Waals surface area contributed by atoms with E-state index >= 15 is 0 Å². The highest BCUT2D eigenvalue weighted by atomic mass is 16.5. The molecule has 0 fully saturated rings. The summed E-state index contributed by atoms with van der Waals surface area (Å²) in [4.78, 5) is 22.4. The number of benzene rings is 1. The van der Waals surface area contributed by atoms with Gasteiger partial charge >= 0.3 is 5.97 Å². The lowest BCUT2D eigenvalue weighted by atomic mass is 10.0. The molecular formula is C14H17NO4. The Morgan fingerprint density at radius 2 is 2.26 bits per heavy atom. The van der Waals surface area contributed by atoms with Gasteiger partial charge in [-0.1, -0.05) is 19.4 Å². The molecule has 1 aliphatic rings. The van der Waals surface area contributed by atoms with E-state index in [-0.39, 0.29) is 5.91 Å². The summed E-state index contributed by atoms with van der Waals surface area (Å²) in [6.45, 7) is 1.92. The third-order valence-corrected chi connectivity index (χ3v) is 3.10. The van der Waals surface area contributed by atoms with Gasteiger partial charge in [0.25, 0.3) is 0 Å². The van der Waals surface area contributed by atoms with Crippen LogP contribution < -0.4 is 10.1 Å². The van der Waals surface area contributed by atoms with Crippen molar-refractivity contribution in [2.24, 2.45) is 0 Å². The number of rotatable bonds is 5. The Balaban J connectivity index is 2.23. The number of carbonyl (C=O) groups excluding carboxylic acids is 1. The lowest BCUT2D eigenvalue weighted by Gasteiger charge is -2.22. The summed E-state index contributed by atoms with van der Waals surface area (Å²) >= 11 is 0. The zero-order chi connectivity index (χ0) is 13.8. The molecule has 0 spiro atoms. The Hall–Kier alpha value is -2.04. The second kappa shape index (κ2) is 5.73. The molecule has 0 radical (unpaired) electrons. The summed E-state index contributed by atoms with van der Waals surface area (Å²) in [6, 6.07) is 5.31. The molecule has 2 N–H and O–H groups in total. The van der Waals surface area contributed by atoms with Crippen LogP contribution in [0.4, 0.5) is 5.69 Å². The third-order valence-electron chi connectivity index (χ3n) is 3.10. The molecule has 2 rings (SSSR count). The minimum atomic E-state index is -0.959. The minimum Gasteiger partial charge on any atom is -0.479 e. The van der Waals surface area contributed by atoms with Crippen LogP contribution in [0, 0.1) is 0 Å². The summed E-state index contributed by atoms with van der Waals surface area (Å²) < 4.78 is 5.60. The molecule has 1 heterocycles. The van der Waals surface area contributed by atoms with Crippen LogP contribution >= 0.6 is 0 Å². The second-order valence-electron chi connectivity index (χ2n) is 4.56. The average molecular weight is 263 g/mol. The van der Waals surface area contributed by atoms with Gasteiger partial charge < -0.3 is 15.2 Å². The van der Waals surface area contributed by atoms with Crippen molar-refractivity contribution in [2.45, 2.75) is 38.7 Å². The normalized spacial score (nSPS) is 15.3. The summed E-state index contributed by atoms with van der Waals surface area (Å²) in [5.41, 5.74) is 1.60. The van der Waals surface area contributed by atoms with Crippen molar-refractivity contribution in [1.82, 2.24) is 0 Å². The first-order chi connectivity index (χ1) is 9.11. The van der Waals surface area contributed by atoms with Gasteiger partial charge in [-0.25, -0.2) is 4.79 Å². The van der Waals surface area contributed by atoms with Crippen molar-refractivity contribution in [2.75, 3.05) is 5.32 Å². The molecule has 19 heavy (non-hydrogen) atoms. The summed E-state index contributed by atoms with van der Waals surface area (Å²) in [7, 11) is 0. The molecule has 1 atom stereocenters. The van der Waals surface area contributed by atoms with Crippen LogP contribution in [0.25, 0.3) is 0 Å². The van der Waals surface area contributed by atoms with E-state index in [0.29, 0.717) is 25.0 Å². The molecule has 0 saturated carbocycles. The third kappa shape index (κ3) is 3.05. The Labute approximate surface area is 111 Å². The number of ether oxygens (including phenoxy) is 1. The predicted molar refractivity (Wildman–Crippen MR) is 70.4 cm³/mol. The Kier molecular flexibility index (Phi) is 4.04. The highest BCUT2D eigenvalue weighted by molar-refractivity contribution is 5.94. The Morgan fingerprint density at radius 1 is 1.47 bits per heavy atom. The van der Waals surface area contributed by atoms with Crippen molar-refractivity contribution in [3.05, 3.63) is 23.8 Å². The fourth-order valence-corrected chi connectivity index (χ4v) is 2.15. The van der Waals surface area contributed by atoms with Gasteiger partial charge in [-0.15, -0.1) is 0 Å². The number of carboxylic acid groups (broad SMARTS) is 1. The van der Waals surface area contributed by atoms with Crippen LogP contribution in [0.2, 0.25) is 0 Å². The number of nitrogens with one attached hydrogen (secondary N) is 1. The van der Waals surface area contributed by atoms with Crippen LogP contribution in [0.5, 0.6) is 5.75 Å². The van der Waals surface area contributed by atoms with E-state index in [1.54, 1.807) is 18.2 Å². The van der Waals surface area contributed by atoms with Gasteiger partial charge in [-0.2, -0.15) is 0 Å². The largest absolute Gasteiger partial charge is 0.479 e. The lowest BCUT2D eigenvalue weighted by Crippen LogP contribution is -2.28. The van der Waals surface area contributed by atoms with Crippen molar-refractivity contribution in [3.8, 4) is 5.75 Å². The smallest absolute Gasteiger partial charge is 0.344 e. The monoisotopic (exact) mass is 263 g/mol. The maximum atomic E-state index is 11.3. The van der Waals surface area contributed by atoms with Gasteiger partial charge in [0, 0.05) is 17.7 Å². The average Bonchev–Trinajstić information content (AvgIpc) is 2.37. The summed E-state index contributed by atoms with van der Waals surface area (Å²) in [5.74, 6) is -0.425. The van der Waals surface area contributed by atoms with E-state index in [0.717, 1.165) is 17.7 Å². The first-order valence-electron chi connectivity index (χ1n) is 6.43. The molecule has 5 heteroatoms. The van der Waals surface area contributed by atoms with Crippen molar-refractivity contribution in [1.29, 1.82) is 0 Å². The van der Waals surface area contributed by atoms with Gasteiger partial charge in [0.15, 0.2) is 6.10 Å². The van der Waals surface area contributed by atoms with Crippen LogP contribution in [0.15, 0.2) is 18.2 Å². The number of hydrogen-bond acceptors (Lipinski definition) is 3. The highest BCUT2D eigenvalue weighted by Gasteiger charge is 2.23. The molecule has 1 aromatic carbocycles. The summed E-state index contributed by atoms with van der Waals surface area (Å²) in [6.07, 6.45) is 1.34. The molecule has 1 amide bonds. The van der Waals surface area contributed by atoms with E-state index in [2.05, 4.69) is 5.32 Å². The zero-order valence-corrected chi connectivity index (χ0v) is 10.8. The van der Waals surface area contributed by atoms with Gasteiger partial charge in [0.2, 0.25) is 5.91 Å². The van der Waals surface area contributed by atoms with E-state index in [1.165, 1.54) is 0 Å². The van der Waals surface area contributed by atoms with E-state index in [4.69, 9.17) is 9.84 Å². The maximum Gasteiger partial charge on any atom is 0.344 e. The standard InChI is InChI=1S/C14H17NO4/c1-2-4-12(14(17)18)19-11-6-3-5-10-9(11)7-8-13(16)15-10/h3,5-6,12H,2,4,7-8H2,1H3,(H,15,16)(H,17,18). The molecule has 1 unspecified atom stereocenters. The fourth-order valence-electron chi connectivity index (χ4n) is 2.15.